The zero-order valence-electron chi connectivity index (χ0n) is 17.1. The summed E-state index contributed by atoms with van der Waals surface area (Å²) in [5.74, 6) is -1.06. The van der Waals surface area contributed by atoms with Gasteiger partial charge >= 0.3 is 11.8 Å². The van der Waals surface area contributed by atoms with Gasteiger partial charge in [-0.25, -0.2) is 0 Å². The highest BCUT2D eigenvalue weighted by atomic mass is 16.2. The van der Waals surface area contributed by atoms with Crippen LogP contribution in [0, 0.1) is 0 Å². The number of likely N-dealkylation sites (N-methyl/N-ethyl adjacent to an activating group) is 1. The zero-order chi connectivity index (χ0) is 19.8. The Morgan fingerprint density at radius 3 is 2.07 bits per heavy atom. The second-order valence-corrected chi connectivity index (χ2v) is 7.84. The summed E-state index contributed by atoms with van der Waals surface area (Å²) in [6.07, 6.45) is 6.62. The van der Waals surface area contributed by atoms with E-state index < -0.39 is 11.8 Å². The van der Waals surface area contributed by atoms with Crippen LogP contribution in [0.2, 0.25) is 0 Å². The van der Waals surface area contributed by atoms with E-state index in [1.807, 2.05) is 38.0 Å². The molecule has 150 valence electrons. The van der Waals surface area contributed by atoms with Crippen LogP contribution in [-0.2, 0) is 9.59 Å². The molecule has 6 nitrogen and oxygen atoms in total. The van der Waals surface area contributed by atoms with Crippen LogP contribution in [0.15, 0.2) is 24.3 Å². The summed E-state index contributed by atoms with van der Waals surface area (Å²) >= 11 is 0. The van der Waals surface area contributed by atoms with Crippen LogP contribution in [0.25, 0.3) is 0 Å². The highest BCUT2D eigenvalue weighted by Gasteiger charge is 2.21. The van der Waals surface area contributed by atoms with Crippen molar-refractivity contribution in [3.8, 4) is 0 Å². The van der Waals surface area contributed by atoms with Crippen molar-refractivity contribution in [3.63, 3.8) is 0 Å². The smallest absolute Gasteiger partial charge is 0.309 e. The van der Waals surface area contributed by atoms with Crippen LogP contribution in [-0.4, -0.2) is 57.5 Å². The van der Waals surface area contributed by atoms with Gasteiger partial charge in [-0.3, -0.25) is 9.59 Å². The van der Waals surface area contributed by atoms with Gasteiger partial charge in [-0.1, -0.05) is 37.8 Å². The standard InChI is InChI=1S/C21H34N4O2/c1-24(2)18-13-11-16(12-14-18)19(25(3)4)15-22-20(26)21(27)23-17-9-7-5-6-8-10-17/h11-14,17,19H,5-10,15H2,1-4H3,(H,22,26)(H,23,27)/t19-/m0/s1. The topological polar surface area (TPSA) is 64.7 Å². The number of anilines is 1. The maximum Gasteiger partial charge on any atom is 0.309 e. The van der Waals surface area contributed by atoms with Crippen LogP contribution in [0.4, 0.5) is 5.69 Å². The first-order valence-corrected chi connectivity index (χ1v) is 9.91. The Hall–Kier alpha value is -2.08. The van der Waals surface area contributed by atoms with Gasteiger partial charge in [0.05, 0.1) is 6.04 Å². The summed E-state index contributed by atoms with van der Waals surface area (Å²) in [4.78, 5) is 28.6. The van der Waals surface area contributed by atoms with Crippen LogP contribution in [0.3, 0.4) is 0 Å². The highest BCUT2D eigenvalue weighted by Crippen LogP contribution is 2.21. The van der Waals surface area contributed by atoms with Crippen molar-refractivity contribution in [1.82, 2.24) is 15.5 Å². The Balaban J connectivity index is 1.90. The Bertz CT molecular complexity index is 605. The van der Waals surface area contributed by atoms with Crippen molar-refractivity contribution in [1.29, 1.82) is 0 Å². The van der Waals surface area contributed by atoms with Crippen LogP contribution in [0.5, 0.6) is 0 Å². The largest absolute Gasteiger partial charge is 0.378 e. The molecule has 1 aliphatic carbocycles. The first kappa shape index (κ1) is 21.2. The minimum atomic E-state index is -0.545. The minimum Gasteiger partial charge on any atom is -0.378 e. The second kappa shape index (κ2) is 10.3. The lowest BCUT2D eigenvalue weighted by atomic mass is 10.1. The molecule has 1 aromatic rings. The Morgan fingerprint density at radius 1 is 0.963 bits per heavy atom. The molecule has 1 fully saturated rings. The number of rotatable bonds is 6. The van der Waals surface area contributed by atoms with Crippen molar-refractivity contribution >= 4 is 17.5 Å². The molecule has 0 aromatic heterocycles. The van der Waals surface area contributed by atoms with Gasteiger partial charge in [0.2, 0.25) is 0 Å². The maximum absolute atomic E-state index is 12.3. The predicted octanol–water partition coefficient (Wildman–Crippen LogP) is 2.31. The molecule has 27 heavy (non-hydrogen) atoms. The second-order valence-electron chi connectivity index (χ2n) is 7.84. The molecule has 0 heterocycles. The van der Waals surface area contributed by atoms with E-state index >= 15 is 0 Å². The lowest BCUT2D eigenvalue weighted by Gasteiger charge is -2.26. The number of hydrogen-bond acceptors (Lipinski definition) is 4. The average molecular weight is 375 g/mol. The Labute approximate surface area is 163 Å². The van der Waals surface area contributed by atoms with E-state index in [0.717, 1.165) is 36.9 Å². The fourth-order valence-corrected chi connectivity index (χ4v) is 3.54. The molecular weight excluding hydrogens is 340 g/mol. The molecule has 1 aromatic carbocycles. The van der Waals surface area contributed by atoms with Crippen molar-refractivity contribution in [2.24, 2.45) is 0 Å². The van der Waals surface area contributed by atoms with E-state index in [0.29, 0.717) is 6.54 Å². The van der Waals surface area contributed by atoms with Crippen molar-refractivity contribution < 1.29 is 9.59 Å². The molecule has 1 saturated carbocycles. The van der Waals surface area contributed by atoms with Crippen molar-refractivity contribution in [2.75, 3.05) is 39.6 Å². The summed E-state index contributed by atoms with van der Waals surface area (Å²) in [6, 6.07) is 8.40. The lowest BCUT2D eigenvalue weighted by molar-refractivity contribution is -0.139. The molecule has 0 unspecified atom stereocenters. The summed E-state index contributed by atoms with van der Waals surface area (Å²) in [5, 5.41) is 5.70. The normalized spacial score (nSPS) is 16.5. The predicted molar refractivity (Wildman–Crippen MR) is 110 cm³/mol. The summed E-state index contributed by atoms with van der Waals surface area (Å²) in [6.45, 7) is 0.394. The molecule has 2 amide bonds. The molecule has 0 radical (unpaired) electrons. The summed E-state index contributed by atoms with van der Waals surface area (Å²) < 4.78 is 0. The molecule has 6 heteroatoms. The number of amides is 2. The highest BCUT2D eigenvalue weighted by molar-refractivity contribution is 6.35. The number of carbonyl (C=O) groups is 2. The van der Waals surface area contributed by atoms with E-state index in [2.05, 4.69) is 34.9 Å². The first-order valence-electron chi connectivity index (χ1n) is 9.91. The zero-order valence-corrected chi connectivity index (χ0v) is 17.1. The minimum absolute atomic E-state index is 0.0100. The van der Waals surface area contributed by atoms with Gasteiger partial charge < -0.3 is 20.4 Å². The number of nitrogens with zero attached hydrogens (tertiary/aromatic N) is 2. The lowest BCUT2D eigenvalue weighted by Crippen LogP contribution is -2.46. The Kier molecular flexibility index (Phi) is 8.10. The third-order valence-electron chi connectivity index (χ3n) is 5.27. The van der Waals surface area contributed by atoms with Crippen molar-refractivity contribution in [3.05, 3.63) is 29.8 Å². The Morgan fingerprint density at radius 2 is 1.56 bits per heavy atom. The van der Waals surface area contributed by atoms with Gasteiger partial charge in [0.1, 0.15) is 0 Å². The van der Waals surface area contributed by atoms with E-state index in [1.165, 1.54) is 12.8 Å². The van der Waals surface area contributed by atoms with E-state index in [1.54, 1.807) is 0 Å². The molecule has 1 aliphatic rings. The molecule has 0 spiro atoms. The fourth-order valence-electron chi connectivity index (χ4n) is 3.54. The molecule has 0 aliphatic heterocycles. The fraction of sp³-hybridized carbons (Fsp3) is 0.619. The molecule has 2 N–H and O–H groups in total. The van der Waals surface area contributed by atoms with Gasteiger partial charge in [-0.05, 0) is 44.6 Å². The maximum atomic E-state index is 12.3. The van der Waals surface area contributed by atoms with Gasteiger partial charge in [-0.15, -0.1) is 0 Å². The van der Waals surface area contributed by atoms with Gasteiger partial charge in [0.15, 0.2) is 0 Å². The average Bonchev–Trinajstić information content (AvgIpc) is 2.90. The number of hydrogen-bond donors (Lipinski definition) is 2. The SMILES string of the molecule is CN(C)c1ccc([C@H](CNC(=O)C(=O)NC2CCCCCC2)N(C)C)cc1. The summed E-state index contributed by atoms with van der Waals surface area (Å²) in [7, 11) is 7.96. The third-order valence-corrected chi connectivity index (χ3v) is 5.27. The van der Waals surface area contributed by atoms with Crippen molar-refractivity contribution in [2.45, 2.75) is 50.6 Å². The van der Waals surface area contributed by atoms with E-state index in [4.69, 9.17) is 0 Å². The third kappa shape index (κ3) is 6.54. The van der Waals surface area contributed by atoms with Crippen LogP contribution in [0.1, 0.15) is 50.1 Å². The van der Waals surface area contributed by atoms with E-state index in [9.17, 15) is 9.59 Å². The molecule has 0 bridgehead atoms. The number of nitrogens with one attached hydrogen (secondary N) is 2. The van der Waals surface area contributed by atoms with Crippen LogP contribution < -0.4 is 15.5 Å². The molecule has 2 rings (SSSR count). The summed E-state index contributed by atoms with van der Waals surface area (Å²) in [5.41, 5.74) is 2.23. The number of carbonyl (C=O) groups excluding carboxylic acids is 2. The quantitative estimate of drug-likeness (QED) is 0.592. The van der Waals surface area contributed by atoms with Gasteiger partial charge in [0.25, 0.3) is 0 Å². The number of benzene rings is 1. The molecular formula is C21H34N4O2. The van der Waals surface area contributed by atoms with Crippen LogP contribution >= 0.6 is 0 Å². The monoisotopic (exact) mass is 374 g/mol. The van der Waals surface area contributed by atoms with E-state index in [-0.39, 0.29) is 12.1 Å². The molecule has 1 atom stereocenters. The van der Waals surface area contributed by atoms with Gasteiger partial charge in [0, 0.05) is 32.4 Å². The first-order chi connectivity index (χ1) is 12.9. The molecule has 0 saturated heterocycles. The van der Waals surface area contributed by atoms with Gasteiger partial charge in [-0.2, -0.15) is 0 Å².